The highest BCUT2D eigenvalue weighted by atomic mass is 19.1. The van der Waals surface area contributed by atoms with E-state index < -0.39 is 0 Å². The number of aromatic nitrogens is 4. The third-order valence-electron chi connectivity index (χ3n) is 4.25. The first-order chi connectivity index (χ1) is 12.2. The summed E-state index contributed by atoms with van der Waals surface area (Å²) in [4.78, 5) is 14.8. The molecular formula is C18H16FN5O. The molecule has 4 rings (SSSR count). The minimum Gasteiger partial charge on any atom is -0.331 e. The maximum Gasteiger partial charge on any atom is 0.254 e. The molecule has 2 aromatic carbocycles. The van der Waals surface area contributed by atoms with Crippen LogP contribution < -0.4 is 0 Å². The van der Waals surface area contributed by atoms with Gasteiger partial charge in [-0.1, -0.05) is 24.3 Å². The number of tetrazole rings is 1. The molecule has 0 aliphatic heterocycles. The van der Waals surface area contributed by atoms with Crippen molar-refractivity contribution in [1.29, 1.82) is 0 Å². The molecule has 0 atom stereocenters. The fraction of sp³-hybridized carbons (Fsp3) is 0.222. The summed E-state index contributed by atoms with van der Waals surface area (Å²) < 4.78 is 13.1. The van der Waals surface area contributed by atoms with E-state index in [2.05, 4.69) is 20.6 Å². The molecular weight excluding hydrogens is 321 g/mol. The highest BCUT2D eigenvalue weighted by molar-refractivity contribution is 5.95. The molecule has 1 aliphatic carbocycles. The van der Waals surface area contributed by atoms with Crippen LogP contribution in [0.15, 0.2) is 48.5 Å². The largest absolute Gasteiger partial charge is 0.331 e. The van der Waals surface area contributed by atoms with E-state index in [1.807, 2.05) is 4.90 Å². The zero-order chi connectivity index (χ0) is 17.2. The van der Waals surface area contributed by atoms with E-state index >= 15 is 0 Å². The van der Waals surface area contributed by atoms with E-state index in [1.165, 1.54) is 12.1 Å². The Morgan fingerprint density at radius 3 is 2.44 bits per heavy atom. The lowest BCUT2D eigenvalue weighted by Gasteiger charge is -2.23. The monoisotopic (exact) mass is 337 g/mol. The van der Waals surface area contributed by atoms with Crippen LogP contribution in [0.4, 0.5) is 4.39 Å². The number of nitrogens with one attached hydrogen (secondary N) is 1. The number of hydrogen-bond acceptors (Lipinski definition) is 4. The van der Waals surface area contributed by atoms with Crippen molar-refractivity contribution in [3.8, 4) is 11.4 Å². The molecule has 126 valence electrons. The van der Waals surface area contributed by atoms with E-state index in [9.17, 15) is 9.18 Å². The number of aromatic amines is 1. The maximum atomic E-state index is 13.1. The SMILES string of the molecule is O=C(c1ccc(-c2nn[nH]n2)cc1)N(Cc1ccc(F)cc1)C1CC1. The van der Waals surface area contributed by atoms with Gasteiger partial charge in [-0.25, -0.2) is 4.39 Å². The quantitative estimate of drug-likeness (QED) is 0.777. The predicted octanol–water partition coefficient (Wildman–Crippen LogP) is 2.81. The summed E-state index contributed by atoms with van der Waals surface area (Å²) in [6.45, 7) is 0.483. The maximum absolute atomic E-state index is 13.1. The van der Waals surface area contributed by atoms with Gasteiger partial charge < -0.3 is 4.90 Å². The third-order valence-corrected chi connectivity index (χ3v) is 4.25. The van der Waals surface area contributed by atoms with Gasteiger partial charge in [0.1, 0.15) is 5.82 Å². The molecule has 0 bridgehead atoms. The van der Waals surface area contributed by atoms with Crippen LogP contribution in [0.2, 0.25) is 0 Å². The fourth-order valence-corrected chi connectivity index (χ4v) is 2.75. The Morgan fingerprint density at radius 1 is 1.12 bits per heavy atom. The number of carbonyl (C=O) groups is 1. The number of benzene rings is 2. The van der Waals surface area contributed by atoms with Gasteiger partial charge >= 0.3 is 0 Å². The van der Waals surface area contributed by atoms with Crippen molar-refractivity contribution in [1.82, 2.24) is 25.5 Å². The molecule has 7 heteroatoms. The van der Waals surface area contributed by atoms with E-state index in [0.29, 0.717) is 17.9 Å². The Kier molecular flexibility index (Phi) is 3.97. The molecule has 6 nitrogen and oxygen atoms in total. The van der Waals surface area contributed by atoms with Gasteiger partial charge in [0.25, 0.3) is 5.91 Å². The minimum atomic E-state index is -0.273. The molecule has 1 heterocycles. The summed E-state index contributed by atoms with van der Waals surface area (Å²) in [5, 5.41) is 13.8. The lowest BCUT2D eigenvalue weighted by Crippen LogP contribution is -2.32. The first kappa shape index (κ1) is 15.4. The van der Waals surface area contributed by atoms with Crippen LogP contribution in [0.1, 0.15) is 28.8 Å². The van der Waals surface area contributed by atoms with E-state index in [1.54, 1.807) is 36.4 Å². The molecule has 0 spiro atoms. The Hall–Kier alpha value is -3.09. The average Bonchev–Trinajstić information content (AvgIpc) is 3.34. The molecule has 25 heavy (non-hydrogen) atoms. The first-order valence-corrected chi connectivity index (χ1v) is 8.10. The van der Waals surface area contributed by atoms with Gasteiger partial charge in [-0.05, 0) is 47.9 Å². The molecule has 1 N–H and O–H groups in total. The number of H-pyrrole nitrogens is 1. The lowest BCUT2D eigenvalue weighted by molar-refractivity contribution is 0.0730. The van der Waals surface area contributed by atoms with Crippen LogP contribution in [0.3, 0.4) is 0 Å². The van der Waals surface area contributed by atoms with E-state index in [0.717, 1.165) is 24.0 Å². The van der Waals surface area contributed by atoms with Gasteiger partial charge in [0.15, 0.2) is 0 Å². The summed E-state index contributed by atoms with van der Waals surface area (Å²) >= 11 is 0. The Morgan fingerprint density at radius 2 is 1.84 bits per heavy atom. The molecule has 0 unspecified atom stereocenters. The van der Waals surface area contributed by atoms with Gasteiger partial charge in [-0.3, -0.25) is 4.79 Å². The predicted molar refractivity (Wildman–Crippen MR) is 88.9 cm³/mol. The lowest BCUT2D eigenvalue weighted by atomic mass is 10.1. The van der Waals surface area contributed by atoms with Crippen molar-refractivity contribution in [2.75, 3.05) is 0 Å². The molecule has 0 radical (unpaired) electrons. The second kappa shape index (κ2) is 6.43. The zero-order valence-corrected chi connectivity index (χ0v) is 13.4. The molecule has 1 aromatic heterocycles. The number of nitrogens with zero attached hydrogens (tertiary/aromatic N) is 4. The summed E-state index contributed by atoms with van der Waals surface area (Å²) in [7, 11) is 0. The normalized spacial score (nSPS) is 13.6. The zero-order valence-electron chi connectivity index (χ0n) is 13.4. The highest BCUT2D eigenvalue weighted by Gasteiger charge is 2.33. The van der Waals surface area contributed by atoms with Crippen molar-refractivity contribution in [3.05, 3.63) is 65.5 Å². The van der Waals surface area contributed by atoms with E-state index in [-0.39, 0.29) is 17.8 Å². The molecule has 1 saturated carbocycles. The summed E-state index contributed by atoms with van der Waals surface area (Å²) in [6.07, 6.45) is 2.02. The third kappa shape index (κ3) is 3.40. The summed E-state index contributed by atoms with van der Waals surface area (Å²) in [5.41, 5.74) is 2.33. The van der Waals surface area contributed by atoms with Crippen LogP contribution in [-0.2, 0) is 6.54 Å². The van der Waals surface area contributed by atoms with Gasteiger partial charge in [-0.15, -0.1) is 10.2 Å². The Labute approximate surface area is 143 Å². The van der Waals surface area contributed by atoms with Crippen molar-refractivity contribution in [3.63, 3.8) is 0 Å². The first-order valence-electron chi connectivity index (χ1n) is 8.10. The van der Waals surface area contributed by atoms with Crippen molar-refractivity contribution < 1.29 is 9.18 Å². The second-order valence-corrected chi connectivity index (χ2v) is 6.10. The van der Waals surface area contributed by atoms with Gasteiger partial charge in [0.2, 0.25) is 5.82 Å². The molecule has 3 aromatic rings. The topological polar surface area (TPSA) is 74.8 Å². The highest BCUT2D eigenvalue weighted by Crippen LogP contribution is 2.30. The fourth-order valence-electron chi connectivity index (χ4n) is 2.75. The standard InChI is InChI=1S/C18H16FN5O/c19-15-7-1-12(2-8-15)11-24(16-9-10-16)18(25)14-5-3-13(4-6-14)17-20-22-23-21-17/h1-8,16H,9-11H2,(H,20,21,22,23). The molecule has 1 amide bonds. The summed E-state index contributed by atoms with van der Waals surface area (Å²) in [6, 6.07) is 13.7. The molecule has 1 fully saturated rings. The van der Waals surface area contributed by atoms with Crippen molar-refractivity contribution >= 4 is 5.91 Å². The van der Waals surface area contributed by atoms with Crippen molar-refractivity contribution in [2.24, 2.45) is 0 Å². The number of halogens is 1. The van der Waals surface area contributed by atoms with Gasteiger partial charge in [0, 0.05) is 23.7 Å². The molecule has 0 saturated heterocycles. The minimum absolute atomic E-state index is 0.0218. The Balaban J connectivity index is 1.53. The van der Waals surface area contributed by atoms with Crippen LogP contribution in [0, 0.1) is 5.82 Å². The number of amides is 1. The van der Waals surface area contributed by atoms with Crippen LogP contribution >= 0.6 is 0 Å². The second-order valence-electron chi connectivity index (χ2n) is 6.10. The van der Waals surface area contributed by atoms with Gasteiger partial charge in [0.05, 0.1) is 0 Å². The number of rotatable bonds is 5. The van der Waals surface area contributed by atoms with E-state index in [4.69, 9.17) is 0 Å². The number of hydrogen-bond donors (Lipinski definition) is 1. The average molecular weight is 337 g/mol. The van der Waals surface area contributed by atoms with Gasteiger partial charge in [-0.2, -0.15) is 5.21 Å². The number of carbonyl (C=O) groups excluding carboxylic acids is 1. The molecule has 1 aliphatic rings. The van der Waals surface area contributed by atoms with Crippen molar-refractivity contribution in [2.45, 2.75) is 25.4 Å². The Bertz CT molecular complexity index is 857. The summed E-state index contributed by atoms with van der Waals surface area (Å²) in [5.74, 6) is 0.195. The van der Waals surface area contributed by atoms with Crippen LogP contribution in [0.5, 0.6) is 0 Å². The smallest absolute Gasteiger partial charge is 0.254 e. The van der Waals surface area contributed by atoms with Crippen LogP contribution in [-0.4, -0.2) is 37.5 Å². The van der Waals surface area contributed by atoms with Crippen LogP contribution in [0.25, 0.3) is 11.4 Å².